The van der Waals surface area contributed by atoms with Gasteiger partial charge in [0.1, 0.15) is 5.75 Å². The number of nitrogens with zero attached hydrogens (tertiary/aromatic N) is 1. The van der Waals surface area contributed by atoms with Crippen LogP contribution < -0.4 is 4.74 Å². The lowest BCUT2D eigenvalue weighted by atomic mass is 10.1. The molecule has 0 spiro atoms. The standard InChI is InChI=1S/C16H23NO2/c1-12-8-9-15(10-13(12)2)19-11-16(18)17(3)14-6-4-5-7-14/h8-10,14H,4-7,11H2,1-3H3. The van der Waals surface area contributed by atoms with Gasteiger partial charge in [0.25, 0.3) is 5.91 Å². The highest BCUT2D eigenvalue weighted by Gasteiger charge is 2.23. The zero-order valence-corrected chi connectivity index (χ0v) is 12.1. The number of benzene rings is 1. The van der Waals surface area contributed by atoms with Crippen molar-refractivity contribution in [1.29, 1.82) is 0 Å². The van der Waals surface area contributed by atoms with E-state index in [0.717, 1.165) is 18.6 Å². The first-order valence-corrected chi connectivity index (χ1v) is 7.03. The molecule has 1 amide bonds. The number of ether oxygens (including phenoxy) is 1. The molecule has 3 nitrogen and oxygen atoms in total. The molecule has 1 aliphatic rings. The van der Waals surface area contributed by atoms with Gasteiger partial charge < -0.3 is 9.64 Å². The monoisotopic (exact) mass is 261 g/mol. The quantitative estimate of drug-likeness (QED) is 0.833. The molecule has 0 aromatic heterocycles. The van der Waals surface area contributed by atoms with E-state index in [9.17, 15) is 4.79 Å². The highest BCUT2D eigenvalue weighted by molar-refractivity contribution is 5.77. The Morgan fingerprint density at radius 1 is 1.26 bits per heavy atom. The van der Waals surface area contributed by atoms with Crippen molar-refractivity contribution in [3.63, 3.8) is 0 Å². The number of carbonyl (C=O) groups excluding carboxylic acids is 1. The zero-order chi connectivity index (χ0) is 13.8. The minimum absolute atomic E-state index is 0.0742. The van der Waals surface area contributed by atoms with Crippen LogP contribution in [0.5, 0.6) is 5.75 Å². The third-order valence-corrected chi connectivity index (χ3v) is 4.11. The van der Waals surface area contributed by atoms with E-state index in [1.54, 1.807) is 0 Å². The molecule has 1 aromatic rings. The van der Waals surface area contributed by atoms with Crippen LogP contribution in [-0.2, 0) is 4.79 Å². The van der Waals surface area contributed by atoms with E-state index >= 15 is 0 Å². The number of likely N-dealkylation sites (N-methyl/N-ethyl adjacent to an activating group) is 1. The van der Waals surface area contributed by atoms with Crippen molar-refractivity contribution in [3.8, 4) is 5.75 Å². The minimum Gasteiger partial charge on any atom is -0.484 e. The van der Waals surface area contributed by atoms with Gasteiger partial charge in [-0.05, 0) is 49.9 Å². The Morgan fingerprint density at radius 2 is 1.95 bits per heavy atom. The first kappa shape index (κ1) is 13.9. The van der Waals surface area contributed by atoms with Crippen LogP contribution >= 0.6 is 0 Å². The van der Waals surface area contributed by atoms with Crippen molar-refractivity contribution in [3.05, 3.63) is 29.3 Å². The van der Waals surface area contributed by atoms with Crippen LogP contribution in [0.4, 0.5) is 0 Å². The predicted octanol–water partition coefficient (Wildman–Crippen LogP) is 3.08. The second-order valence-electron chi connectivity index (χ2n) is 5.48. The number of hydrogen-bond donors (Lipinski definition) is 0. The van der Waals surface area contributed by atoms with Gasteiger partial charge in [0.05, 0.1) is 0 Å². The van der Waals surface area contributed by atoms with Crippen LogP contribution in [0.1, 0.15) is 36.8 Å². The molecule has 0 aliphatic heterocycles. The molecule has 1 fully saturated rings. The molecule has 0 bridgehead atoms. The van der Waals surface area contributed by atoms with Gasteiger partial charge in [0, 0.05) is 13.1 Å². The average molecular weight is 261 g/mol. The first-order valence-electron chi connectivity index (χ1n) is 7.03. The normalized spacial score (nSPS) is 15.5. The van der Waals surface area contributed by atoms with Gasteiger partial charge in [0.15, 0.2) is 6.61 Å². The summed E-state index contributed by atoms with van der Waals surface area (Å²) in [6, 6.07) is 6.34. The van der Waals surface area contributed by atoms with Gasteiger partial charge >= 0.3 is 0 Å². The van der Waals surface area contributed by atoms with Crippen molar-refractivity contribution >= 4 is 5.91 Å². The van der Waals surface area contributed by atoms with Crippen LogP contribution in [0.25, 0.3) is 0 Å². The molecular weight excluding hydrogens is 238 g/mol. The van der Waals surface area contributed by atoms with Gasteiger partial charge in [-0.15, -0.1) is 0 Å². The van der Waals surface area contributed by atoms with E-state index < -0.39 is 0 Å². The first-order chi connectivity index (χ1) is 9.08. The van der Waals surface area contributed by atoms with E-state index in [2.05, 4.69) is 13.8 Å². The maximum Gasteiger partial charge on any atom is 0.260 e. The van der Waals surface area contributed by atoms with Crippen molar-refractivity contribution in [2.24, 2.45) is 0 Å². The maximum absolute atomic E-state index is 12.1. The molecular formula is C16H23NO2. The van der Waals surface area contributed by atoms with E-state index in [4.69, 9.17) is 4.74 Å². The van der Waals surface area contributed by atoms with Crippen molar-refractivity contribution in [1.82, 2.24) is 4.90 Å². The van der Waals surface area contributed by atoms with Gasteiger partial charge in [-0.3, -0.25) is 4.79 Å². The summed E-state index contributed by atoms with van der Waals surface area (Å²) in [5.41, 5.74) is 2.43. The number of aryl methyl sites for hydroxylation is 2. The van der Waals surface area contributed by atoms with Crippen LogP contribution in [0.3, 0.4) is 0 Å². The maximum atomic E-state index is 12.1. The molecule has 1 aromatic carbocycles. The number of rotatable bonds is 4. The summed E-state index contributed by atoms with van der Waals surface area (Å²) in [4.78, 5) is 13.9. The molecule has 1 aliphatic carbocycles. The summed E-state index contributed by atoms with van der Waals surface area (Å²) in [7, 11) is 1.89. The van der Waals surface area contributed by atoms with Crippen molar-refractivity contribution in [2.45, 2.75) is 45.6 Å². The predicted molar refractivity (Wildman–Crippen MR) is 76.4 cm³/mol. The van der Waals surface area contributed by atoms with Crippen LogP contribution in [-0.4, -0.2) is 30.5 Å². The van der Waals surface area contributed by atoms with E-state index in [1.165, 1.54) is 24.0 Å². The number of carbonyl (C=O) groups is 1. The molecule has 1 saturated carbocycles. The lowest BCUT2D eigenvalue weighted by Gasteiger charge is -2.24. The summed E-state index contributed by atoms with van der Waals surface area (Å²) >= 11 is 0. The zero-order valence-electron chi connectivity index (χ0n) is 12.1. The third kappa shape index (κ3) is 3.49. The van der Waals surface area contributed by atoms with E-state index in [0.29, 0.717) is 6.04 Å². The average Bonchev–Trinajstić information content (AvgIpc) is 2.93. The van der Waals surface area contributed by atoms with Gasteiger partial charge in [0.2, 0.25) is 0 Å². The topological polar surface area (TPSA) is 29.5 Å². The van der Waals surface area contributed by atoms with Gasteiger partial charge in [-0.25, -0.2) is 0 Å². The lowest BCUT2D eigenvalue weighted by Crippen LogP contribution is -2.38. The summed E-state index contributed by atoms with van der Waals surface area (Å²) in [5, 5.41) is 0. The van der Waals surface area contributed by atoms with E-state index in [1.807, 2.05) is 30.1 Å². The van der Waals surface area contributed by atoms with Crippen molar-refractivity contribution < 1.29 is 9.53 Å². The summed E-state index contributed by atoms with van der Waals surface area (Å²) in [5.74, 6) is 0.849. The fourth-order valence-corrected chi connectivity index (χ4v) is 2.55. The van der Waals surface area contributed by atoms with Crippen LogP contribution in [0.15, 0.2) is 18.2 Å². The minimum atomic E-state index is 0.0742. The molecule has 3 heteroatoms. The Balaban J connectivity index is 1.87. The number of amides is 1. The summed E-state index contributed by atoms with van der Waals surface area (Å²) < 4.78 is 5.59. The highest BCUT2D eigenvalue weighted by Crippen LogP contribution is 2.22. The molecule has 0 radical (unpaired) electrons. The number of hydrogen-bond acceptors (Lipinski definition) is 2. The molecule has 19 heavy (non-hydrogen) atoms. The second-order valence-corrected chi connectivity index (χ2v) is 5.48. The largest absolute Gasteiger partial charge is 0.484 e. The SMILES string of the molecule is Cc1ccc(OCC(=O)N(C)C2CCCC2)cc1C. The third-order valence-electron chi connectivity index (χ3n) is 4.11. The Hall–Kier alpha value is -1.51. The summed E-state index contributed by atoms with van der Waals surface area (Å²) in [6.45, 7) is 4.25. The fraction of sp³-hybridized carbons (Fsp3) is 0.562. The molecule has 104 valence electrons. The van der Waals surface area contributed by atoms with Gasteiger partial charge in [-0.1, -0.05) is 18.9 Å². The van der Waals surface area contributed by atoms with Gasteiger partial charge in [-0.2, -0.15) is 0 Å². The van der Waals surface area contributed by atoms with Crippen LogP contribution in [0.2, 0.25) is 0 Å². The summed E-state index contributed by atoms with van der Waals surface area (Å²) in [6.07, 6.45) is 4.73. The Morgan fingerprint density at radius 3 is 2.58 bits per heavy atom. The second kappa shape index (κ2) is 6.09. The Labute approximate surface area is 115 Å². The molecule has 0 N–H and O–H groups in total. The van der Waals surface area contributed by atoms with Crippen LogP contribution in [0, 0.1) is 13.8 Å². The molecule has 2 rings (SSSR count). The fourth-order valence-electron chi connectivity index (χ4n) is 2.55. The smallest absolute Gasteiger partial charge is 0.260 e. The molecule has 0 unspecified atom stereocenters. The van der Waals surface area contributed by atoms with Crippen molar-refractivity contribution in [2.75, 3.05) is 13.7 Å². The highest BCUT2D eigenvalue weighted by atomic mass is 16.5. The molecule has 0 saturated heterocycles. The molecule has 0 heterocycles. The molecule has 0 atom stereocenters. The Kier molecular flexibility index (Phi) is 4.46. The Bertz CT molecular complexity index is 450. The van der Waals surface area contributed by atoms with E-state index in [-0.39, 0.29) is 12.5 Å². The lowest BCUT2D eigenvalue weighted by molar-refractivity contribution is -0.134.